The fourth-order valence-electron chi connectivity index (χ4n) is 3.40. The predicted octanol–water partition coefficient (Wildman–Crippen LogP) is 6.02. The Balaban J connectivity index is 0.000000898. The second-order valence-corrected chi connectivity index (χ2v) is 8.02. The molecule has 3 N–H and O–H groups in total. The van der Waals surface area contributed by atoms with Gasteiger partial charge in [0.15, 0.2) is 23.0 Å². The molecule has 0 saturated carbocycles. The molecule has 0 aliphatic carbocycles. The van der Waals surface area contributed by atoms with Crippen LogP contribution in [0.15, 0.2) is 70.6 Å². The van der Waals surface area contributed by atoms with Gasteiger partial charge in [0.05, 0.1) is 24.6 Å². The Kier molecular flexibility index (Phi) is 12.2. The molecule has 4 rings (SSSR count). The SMILES string of the molecule is CC(=O)O.Oc1c2cccc1OCCCCCCOc1cccc(c1O)C=Nc1ccccc1N=C2.[Mn]. The Hall–Kier alpha value is -3.81. The number of fused-ring (bicyclic) bond motifs is 5. The number of nitrogens with zero attached hydrogens (tertiary/aromatic N) is 2. The molecule has 8 nitrogen and oxygen atoms in total. The molecule has 1 aliphatic rings. The molecule has 0 spiro atoms. The van der Waals surface area contributed by atoms with Gasteiger partial charge in [-0.15, -0.1) is 0 Å². The number of benzene rings is 3. The van der Waals surface area contributed by atoms with E-state index in [0.29, 0.717) is 47.2 Å². The standard InChI is InChI=1S/C26H26N2O4.C2H4O2.Mn/c29-25-19-9-7-13-23(25)31-15-5-1-2-6-16-32-24-14-8-10-20(26(24)30)18-28-22-12-4-3-11-21(22)27-17-19;1-2(3)4;/h3-4,7-14,17-18,29-30H,1-2,5-6,15-16H2;1H3,(H,3,4);. The van der Waals surface area contributed by atoms with E-state index in [2.05, 4.69) is 9.98 Å². The van der Waals surface area contributed by atoms with Crippen LogP contribution in [0.5, 0.6) is 23.0 Å². The van der Waals surface area contributed by atoms with Gasteiger partial charge >= 0.3 is 0 Å². The van der Waals surface area contributed by atoms with Crippen molar-refractivity contribution >= 4 is 29.8 Å². The first-order valence-electron chi connectivity index (χ1n) is 11.7. The van der Waals surface area contributed by atoms with Crippen LogP contribution in [0.4, 0.5) is 11.4 Å². The number of carbonyl (C=O) groups is 1. The second-order valence-electron chi connectivity index (χ2n) is 8.02. The first-order chi connectivity index (χ1) is 17.5. The molecule has 195 valence electrons. The van der Waals surface area contributed by atoms with Crippen molar-refractivity contribution in [2.45, 2.75) is 32.6 Å². The molecule has 0 unspecified atom stereocenters. The summed E-state index contributed by atoms with van der Waals surface area (Å²) in [4.78, 5) is 18.0. The van der Waals surface area contributed by atoms with Gasteiger partial charge in [0, 0.05) is 47.5 Å². The summed E-state index contributed by atoms with van der Waals surface area (Å²) in [7, 11) is 0. The van der Waals surface area contributed by atoms with Crippen molar-refractivity contribution in [1.29, 1.82) is 0 Å². The maximum Gasteiger partial charge on any atom is 0.300 e. The van der Waals surface area contributed by atoms with Crippen molar-refractivity contribution in [3.8, 4) is 23.0 Å². The quantitative estimate of drug-likeness (QED) is 0.297. The third-order valence-corrected chi connectivity index (χ3v) is 5.18. The Bertz CT molecular complexity index is 1140. The van der Waals surface area contributed by atoms with E-state index in [1.807, 2.05) is 36.4 Å². The number of hydrogen-bond donors (Lipinski definition) is 3. The van der Waals surface area contributed by atoms with Crippen LogP contribution < -0.4 is 9.47 Å². The van der Waals surface area contributed by atoms with Crippen molar-refractivity contribution in [3.05, 3.63) is 71.8 Å². The average molecular weight is 545 g/mol. The van der Waals surface area contributed by atoms with Crippen LogP contribution in [0.1, 0.15) is 43.7 Å². The van der Waals surface area contributed by atoms with Crippen LogP contribution in [0, 0.1) is 0 Å². The van der Waals surface area contributed by atoms with Crippen molar-refractivity contribution in [2.75, 3.05) is 13.2 Å². The fourth-order valence-corrected chi connectivity index (χ4v) is 3.40. The number of carboxylic acids is 1. The molecule has 3 aromatic rings. The zero-order chi connectivity index (χ0) is 25.8. The number of phenols is 2. The Morgan fingerprint density at radius 2 is 1.11 bits per heavy atom. The topological polar surface area (TPSA) is 121 Å². The third-order valence-electron chi connectivity index (χ3n) is 5.18. The number of aromatic hydroxyl groups is 2. The van der Waals surface area contributed by atoms with Gasteiger partial charge in [-0.1, -0.05) is 24.3 Å². The molecule has 0 fully saturated rings. The average Bonchev–Trinajstić information content (AvgIpc) is 2.85. The van der Waals surface area contributed by atoms with Crippen LogP contribution >= 0.6 is 0 Å². The van der Waals surface area contributed by atoms with Gasteiger partial charge in [0.2, 0.25) is 0 Å². The minimum atomic E-state index is -0.833. The van der Waals surface area contributed by atoms with Gasteiger partial charge < -0.3 is 24.8 Å². The van der Waals surface area contributed by atoms with Crippen LogP contribution in [-0.4, -0.2) is 46.9 Å². The molecule has 3 aromatic carbocycles. The molecule has 0 aromatic heterocycles. The number of ether oxygens (including phenoxy) is 2. The molecule has 4 bridgehead atoms. The number of hydrogen-bond acceptors (Lipinski definition) is 7. The summed E-state index contributed by atoms with van der Waals surface area (Å²) < 4.78 is 11.5. The third kappa shape index (κ3) is 9.29. The van der Waals surface area contributed by atoms with E-state index in [1.165, 1.54) is 0 Å². The van der Waals surface area contributed by atoms with Crippen LogP contribution in [0.2, 0.25) is 0 Å². The normalized spacial score (nSPS) is 13.3. The van der Waals surface area contributed by atoms with Gasteiger partial charge in [0.1, 0.15) is 0 Å². The van der Waals surface area contributed by atoms with Crippen LogP contribution in [-0.2, 0) is 21.9 Å². The van der Waals surface area contributed by atoms with Gasteiger partial charge in [-0.2, -0.15) is 0 Å². The summed E-state index contributed by atoms with van der Waals surface area (Å²) >= 11 is 0. The summed E-state index contributed by atoms with van der Waals surface area (Å²) in [6, 6.07) is 18.2. The largest absolute Gasteiger partial charge is 0.504 e. The number of aliphatic carboxylic acids is 1. The predicted molar refractivity (Wildman–Crippen MR) is 140 cm³/mol. The van der Waals surface area contributed by atoms with E-state index >= 15 is 0 Å². The van der Waals surface area contributed by atoms with Crippen LogP contribution in [0.25, 0.3) is 0 Å². The molecule has 1 heterocycles. The maximum atomic E-state index is 10.6. The van der Waals surface area contributed by atoms with E-state index in [-0.39, 0.29) is 28.6 Å². The zero-order valence-electron chi connectivity index (χ0n) is 20.5. The summed E-state index contributed by atoms with van der Waals surface area (Å²) in [6.45, 7) is 2.13. The second kappa shape index (κ2) is 15.3. The Morgan fingerprint density at radius 3 is 1.51 bits per heavy atom. The molecular formula is C28H30MnN2O6. The minimum Gasteiger partial charge on any atom is -0.504 e. The van der Waals surface area contributed by atoms with Crippen LogP contribution in [0.3, 0.4) is 0 Å². The number of aliphatic imine (C=N–C) groups is 2. The van der Waals surface area contributed by atoms with Crippen molar-refractivity contribution in [2.24, 2.45) is 9.98 Å². The molecule has 9 heteroatoms. The Labute approximate surface area is 226 Å². The fraction of sp³-hybridized carbons (Fsp3) is 0.250. The van der Waals surface area contributed by atoms with Crippen molar-refractivity contribution < 1.29 is 46.7 Å². The number of phenolic OH excluding ortho intramolecular Hbond substituents is 2. The summed E-state index contributed by atoms with van der Waals surface area (Å²) in [5.74, 6) is 0.211. The monoisotopic (exact) mass is 545 g/mol. The van der Waals surface area contributed by atoms with Gasteiger partial charge in [-0.3, -0.25) is 14.8 Å². The molecule has 0 atom stereocenters. The van der Waals surface area contributed by atoms with E-state index in [9.17, 15) is 10.2 Å². The minimum absolute atomic E-state index is 0. The maximum absolute atomic E-state index is 10.6. The van der Waals surface area contributed by atoms with E-state index in [1.54, 1.807) is 36.7 Å². The Morgan fingerprint density at radius 1 is 0.703 bits per heavy atom. The first-order valence-corrected chi connectivity index (χ1v) is 11.7. The summed E-state index contributed by atoms with van der Waals surface area (Å²) in [5.41, 5.74) is 2.41. The molecule has 0 amide bonds. The summed E-state index contributed by atoms with van der Waals surface area (Å²) in [5, 5.41) is 28.6. The molecular weight excluding hydrogens is 515 g/mol. The van der Waals surface area contributed by atoms with E-state index in [0.717, 1.165) is 32.6 Å². The van der Waals surface area contributed by atoms with E-state index in [4.69, 9.17) is 19.4 Å². The molecule has 37 heavy (non-hydrogen) atoms. The summed E-state index contributed by atoms with van der Waals surface area (Å²) in [6.07, 6.45) is 6.92. The van der Waals surface area contributed by atoms with Crippen molar-refractivity contribution in [3.63, 3.8) is 0 Å². The molecule has 1 radical (unpaired) electrons. The van der Waals surface area contributed by atoms with Crippen molar-refractivity contribution in [1.82, 2.24) is 0 Å². The van der Waals surface area contributed by atoms with E-state index < -0.39 is 5.97 Å². The first kappa shape index (κ1) is 29.4. The number of para-hydroxylation sites is 4. The van der Waals surface area contributed by atoms with Gasteiger partial charge in [0.25, 0.3) is 5.97 Å². The zero-order valence-corrected chi connectivity index (χ0v) is 21.7. The molecule has 1 aliphatic heterocycles. The molecule has 0 saturated heterocycles. The smallest absolute Gasteiger partial charge is 0.300 e. The van der Waals surface area contributed by atoms with Gasteiger partial charge in [-0.25, -0.2) is 0 Å². The number of carboxylic acid groups (broad SMARTS) is 1. The van der Waals surface area contributed by atoms with Gasteiger partial charge in [-0.05, 0) is 62.1 Å². The number of rotatable bonds is 0.